The van der Waals surface area contributed by atoms with Crippen LogP contribution in [0.15, 0.2) is 60.9 Å². The second kappa shape index (κ2) is 8.42. The van der Waals surface area contributed by atoms with Crippen LogP contribution in [0.4, 0.5) is 17.1 Å². The molecule has 3 rings (SSSR count). The van der Waals surface area contributed by atoms with Gasteiger partial charge in [0.1, 0.15) is 11.5 Å². The summed E-state index contributed by atoms with van der Waals surface area (Å²) in [7, 11) is 3.00. The third-order valence-corrected chi connectivity index (χ3v) is 4.08. The van der Waals surface area contributed by atoms with Crippen LogP contribution in [0.3, 0.4) is 0 Å². The molecular formula is C20H18ClN3O3. The van der Waals surface area contributed by atoms with Crippen molar-refractivity contribution in [1.29, 1.82) is 0 Å². The van der Waals surface area contributed by atoms with Crippen molar-refractivity contribution in [3.8, 4) is 11.5 Å². The first kappa shape index (κ1) is 18.5. The maximum atomic E-state index is 12.7. The van der Waals surface area contributed by atoms with Crippen LogP contribution in [0.25, 0.3) is 0 Å². The van der Waals surface area contributed by atoms with E-state index in [0.29, 0.717) is 33.5 Å². The average Bonchev–Trinajstić information content (AvgIpc) is 2.70. The zero-order valence-corrected chi connectivity index (χ0v) is 15.6. The van der Waals surface area contributed by atoms with E-state index >= 15 is 0 Å². The summed E-state index contributed by atoms with van der Waals surface area (Å²) in [5, 5.41) is 6.40. The number of nitrogens with zero attached hydrogens (tertiary/aromatic N) is 1. The summed E-state index contributed by atoms with van der Waals surface area (Å²) >= 11 is 6.10. The number of hydrogen-bond donors (Lipinski definition) is 2. The Morgan fingerprint density at radius 3 is 2.41 bits per heavy atom. The van der Waals surface area contributed by atoms with Gasteiger partial charge in [-0.2, -0.15) is 0 Å². The van der Waals surface area contributed by atoms with Gasteiger partial charge in [0.05, 0.1) is 42.4 Å². The number of ether oxygens (including phenoxy) is 2. The van der Waals surface area contributed by atoms with Crippen LogP contribution >= 0.6 is 11.6 Å². The molecule has 0 spiro atoms. The number of hydrogen-bond acceptors (Lipinski definition) is 5. The van der Waals surface area contributed by atoms with Crippen molar-refractivity contribution in [2.24, 2.45) is 0 Å². The Morgan fingerprint density at radius 2 is 1.70 bits per heavy atom. The van der Waals surface area contributed by atoms with E-state index in [1.54, 1.807) is 24.4 Å². The molecule has 0 radical (unpaired) electrons. The first-order chi connectivity index (χ1) is 13.1. The standard InChI is InChI=1S/C20H18ClN3O3/c1-26-18-10-17(19(27-2)9-16(18)21)24-20(25)13-8-15(12-22-11-13)23-14-6-4-3-5-7-14/h3-12,23H,1-2H3,(H,24,25). The normalized spacial score (nSPS) is 10.2. The minimum atomic E-state index is -0.332. The number of rotatable bonds is 6. The zero-order valence-electron chi connectivity index (χ0n) is 14.8. The minimum Gasteiger partial charge on any atom is -0.495 e. The Labute approximate surface area is 162 Å². The highest BCUT2D eigenvalue weighted by molar-refractivity contribution is 6.32. The third kappa shape index (κ3) is 4.48. The summed E-state index contributed by atoms with van der Waals surface area (Å²) < 4.78 is 10.5. The second-order valence-corrected chi connectivity index (χ2v) is 6.00. The lowest BCUT2D eigenvalue weighted by molar-refractivity contribution is 0.102. The minimum absolute atomic E-state index is 0.332. The van der Waals surface area contributed by atoms with Crippen LogP contribution in [0.1, 0.15) is 10.4 Å². The van der Waals surface area contributed by atoms with Crippen LogP contribution in [0.5, 0.6) is 11.5 Å². The molecule has 0 aliphatic rings. The van der Waals surface area contributed by atoms with E-state index in [0.717, 1.165) is 5.69 Å². The molecule has 0 bridgehead atoms. The smallest absolute Gasteiger partial charge is 0.257 e. The van der Waals surface area contributed by atoms with Gasteiger partial charge in [-0.3, -0.25) is 9.78 Å². The van der Waals surface area contributed by atoms with Gasteiger partial charge < -0.3 is 20.1 Å². The van der Waals surface area contributed by atoms with Crippen LogP contribution in [-0.4, -0.2) is 25.1 Å². The number of amides is 1. The maximum Gasteiger partial charge on any atom is 0.257 e. The molecule has 0 saturated heterocycles. The van der Waals surface area contributed by atoms with E-state index in [4.69, 9.17) is 21.1 Å². The monoisotopic (exact) mass is 383 g/mol. The van der Waals surface area contributed by atoms with Crippen molar-refractivity contribution in [1.82, 2.24) is 4.98 Å². The highest BCUT2D eigenvalue weighted by Crippen LogP contribution is 2.36. The number of carbonyl (C=O) groups excluding carboxylic acids is 1. The fourth-order valence-electron chi connectivity index (χ4n) is 2.47. The number of aromatic nitrogens is 1. The van der Waals surface area contributed by atoms with E-state index in [2.05, 4.69) is 15.6 Å². The first-order valence-corrected chi connectivity index (χ1v) is 8.48. The largest absolute Gasteiger partial charge is 0.495 e. The molecule has 1 aromatic heterocycles. The van der Waals surface area contributed by atoms with Crippen molar-refractivity contribution in [3.63, 3.8) is 0 Å². The van der Waals surface area contributed by atoms with Gasteiger partial charge in [-0.25, -0.2) is 0 Å². The summed E-state index contributed by atoms with van der Waals surface area (Å²) in [4.78, 5) is 16.8. The lowest BCUT2D eigenvalue weighted by Crippen LogP contribution is -2.13. The van der Waals surface area contributed by atoms with Crippen LogP contribution in [0, 0.1) is 0 Å². The SMILES string of the molecule is COc1cc(NC(=O)c2cncc(Nc3ccccc3)c2)c(OC)cc1Cl. The summed E-state index contributed by atoms with van der Waals surface area (Å²) in [6, 6.07) is 14.5. The van der Waals surface area contributed by atoms with Crippen molar-refractivity contribution in [3.05, 3.63) is 71.5 Å². The van der Waals surface area contributed by atoms with Gasteiger partial charge in [-0.1, -0.05) is 29.8 Å². The summed E-state index contributed by atoms with van der Waals surface area (Å²) in [5.41, 5.74) is 2.45. The lowest BCUT2D eigenvalue weighted by Gasteiger charge is -2.13. The molecule has 2 aromatic carbocycles. The van der Waals surface area contributed by atoms with Gasteiger partial charge in [0.2, 0.25) is 0 Å². The summed E-state index contributed by atoms with van der Waals surface area (Å²) in [6.07, 6.45) is 3.14. The lowest BCUT2D eigenvalue weighted by atomic mass is 10.2. The Kier molecular flexibility index (Phi) is 5.78. The summed E-state index contributed by atoms with van der Waals surface area (Å²) in [6.45, 7) is 0. The van der Waals surface area contributed by atoms with Crippen molar-refractivity contribution in [2.75, 3.05) is 24.9 Å². The van der Waals surface area contributed by atoms with Gasteiger partial charge in [0, 0.05) is 24.0 Å². The molecule has 0 atom stereocenters. The van der Waals surface area contributed by atoms with E-state index in [-0.39, 0.29) is 5.91 Å². The van der Waals surface area contributed by atoms with E-state index in [1.165, 1.54) is 20.4 Å². The Morgan fingerprint density at radius 1 is 0.963 bits per heavy atom. The van der Waals surface area contributed by atoms with E-state index in [1.807, 2.05) is 30.3 Å². The first-order valence-electron chi connectivity index (χ1n) is 8.10. The number of para-hydroxylation sites is 1. The van der Waals surface area contributed by atoms with E-state index < -0.39 is 0 Å². The van der Waals surface area contributed by atoms with Gasteiger partial charge in [-0.05, 0) is 18.2 Å². The molecule has 138 valence electrons. The number of nitrogens with one attached hydrogen (secondary N) is 2. The molecule has 1 amide bonds. The molecule has 0 saturated carbocycles. The van der Waals surface area contributed by atoms with Gasteiger partial charge in [0.25, 0.3) is 5.91 Å². The molecule has 0 aliphatic carbocycles. The molecule has 6 nitrogen and oxygen atoms in total. The quantitative estimate of drug-likeness (QED) is 0.642. The fraction of sp³-hybridized carbons (Fsp3) is 0.100. The van der Waals surface area contributed by atoms with Crippen LogP contribution in [-0.2, 0) is 0 Å². The van der Waals surface area contributed by atoms with Crippen LogP contribution < -0.4 is 20.1 Å². The number of halogens is 1. The number of pyridine rings is 1. The second-order valence-electron chi connectivity index (χ2n) is 5.59. The van der Waals surface area contributed by atoms with Crippen LogP contribution in [0.2, 0.25) is 5.02 Å². The number of anilines is 3. The van der Waals surface area contributed by atoms with Crippen molar-refractivity contribution in [2.45, 2.75) is 0 Å². The molecule has 3 aromatic rings. The average molecular weight is 384 g/mol. The predicted octanol–water partition coefficient (Wildman–Crippen LogP) is 4.75. The summed E-state index contributed by atoms with van der Waals surface area (Å²) in [5.74, 6) is 0.535. The number of methoxy groups -OCH3 is 2. The Balaban J connectivity index is 1.82. The van der Waals surface area contributed by atoms with E-state index in [9.17, 15) is 4.79 Å². The maximum absolute atomic E-state index is 12.7. The molecule has 0 unspecified atom stereocenters. The van der Waals surface area contributed by atoms with Crippen molar-refractivity contribution < 1.29 is 14.3 Å². The van der Waals surface area contributed by atoms with Gasteiger partial charge >= 0.3 is 0 Å². The molecule has 1 heterocycles. The molecule has 2 N–H and O–H groups in total. The van der Waals surface area contributed by atoms with Crippen molar-refractivity contribution >= 4 is 34.6 Å². The molecule has 7 heteroatoms. The Hall–Kier alpha value is -3.25. The molecule has 27 heavy (non-hydrogen) atoms. The molecule has 0 fully saturated rings. The number of benzene rings is 2. The zero-order chi connectivity index (χ0) is 19.2. The Bertz CT molecular complexity index is 948. The third-order valence-electron chi connectivity index (χ3n) is 3.79. The van der Waals surface area contributed by atoms with Gasteiger partial charge in [-0.15, -0.1) is 0 Å². The highest BCUT2D eigenvalue weighted by atomic mass is 35.5. The topological polar surface area (TPSA) is 72.5 Å². The predicted molar refractivity (Wildman–Crippen MR) is 106 cm³/mol. The number of carbonyl (C=O) groups is 1. The fourth-order valence-corrected chi connectivity index (χ4v) is 2.70. The molecular weight excluding hydrogens is 366 g/mol. The van der Waals surface area contributed by atoms with Gasteiger partial charge in [0.15, 0.2) is 0 Å². The molecule has 0 aliphatic heterocycles. The highest BCUT2D eigenvalue weighted by Gasteiger charge is 2.14.